The van der Waals surface area contributed by atoms with Crippen LogP contribution in [0.1, 0.15) is 10.4 Å². The number of carbonyl (C=O) groups excluding carboxylic acids is 1. The summed E-state index contributed by atoms with van der Waals surface area (Å²) >= 11 is 5.81. The van der Waals surface area contributed by atoms with E-state index in [0.29, 0.717) is 27.8 Å². The smallest absolute Gasteiger partial charge is 0.337 e. The van der Waals surface area contributed by atoms with Crippen LogP contribution in [0.3, 0.4) is 0 Å². The molecule has 0 aliphatic heterocycles. The molecule has 1 aromatic heterocycles. The molecule has 0 atom stereocenters. The third-order valence-electron chi connectivity index (χ3n) is 2.34. The fraction of sp³-hybridized carbons (Fsp3) is 0.0769. The molecule has 5 nitrogen and oxygen atoms in total. The molecule has 19 heavy (non-hydrogen) atoms. The predicted molar refractivity (Wildman–Crippen MR) is 71.5 cm³/mol. The summed E-state index contributed by atoms with van der Waals surface area (Å²) in [6.45, 7) is 0. The third kappa shape index (κ3) is 3.14. The van der Waals surface area contributed by atoms with E-state index in [1.807, 2.05) is 0 Å². The number of hydrogen-bond donors (Lipinski definition) is 1. The van der Waals surface area contributed by atoms with Crippen LogP contribution in [0, 0.1) is 0 Å². The van der Waals surface area contributed by atoms with E-state index in [1.54, 1.807) is 18.2 Å². The van der Waals surface area contributed by atoms with Crippen LogP contribution in [0.15, 0.2) is 36.7 Å². The number of benzene rings is 1. The lowest BCUT2D eigenvalue weighted by Gasteiger charge is -2.09. The van der Waals surface area contributed by atoms with E-state index in [-0.39, 0.29) is 0 Å². The molecule has 0 saturated carbocycles. The van der Waals surface area contributed by atoms with Crippen molar-refractivity contribution in [3.8, 4) is 11.5 Å². The van der Waals surface area contributed by atoms with Gasteiger partial charge in [-0.05, 0) is 18.2 Å². The van der Waals surface area contributed by atoms with E-state index in [4.69, 9.17) is 22.1 Å². The number of carbonyl (C=O) groups is 1. The SMILES string of the molecule is COC(=O)c1ccc(N)c(Oc2cncc(Cl)c2)c1. The summed E-state index contributed by atoms with van der Waals surface area (Å²) in [6, 6.07) is 6.23. The van der Waals surface area contributed by atoms with E-state index in [1.165, 1.54) is 25.6 Å². The normalized spacial score (nSPS) is 10.0. The van der Waals surface area contributed by atoms with Crippen LogP contribution in [0.2, 0.25) is 5.02 Å². The van der Waals surface area contributed by atoms with Crippen LogP contribution in [0.4, 0.5) is 5.69 Å². The summed E-state index contributed by atoms with van der Waals surface area (Å²) < 4.78 is 10.2. The number of pyridine rings is 1. The van der Waals surface area contributed by atoms with Gasteiger partial charge in [-0.3, -0.25) is 4.98 Å². The second-order valence-electron chi connectivity index (χ2n) is 3.69. The van der Waals surface area contributed by atoms with Gasteiger partial charge in [-0.15, -0.1) is 0 Å². The molecule has 0 radical (unpaired) electrons. The number of ether oxygens (including phenoxy) is 2. The maximum absolute atomic E-state index is 11.4. The maximum Gasteiger partial charge on any atom is 0.337 e. The zero-order chi connectivity index (χ0) is 13.8. The van der Waals surface area contributed by atoms with Crippen molar-refractivity contribution in [1.29, 1.82) is 0 Å². The van der Waals surface area contributed by atoms with Crippen LogP contribution >= 0.6 is 11.6 Å². The van der Waals surface area contributed by atoms with Gasteiger partial charge in [0.2, 0.25) is 0 Å². The third-order valence-corrected chi connectivity index (χ3v) is 2.55. The summed E-state index contributed by atoms with van der Waals surface area (Å²) in [5.41, 5.74) is 6.53. The van der Waals surface area contributed by atoms with E-state index in [0.717, 1.165) is 0 Å². The van der Waals surface area contributed by atoms with Gasteiger partial charge in [0, 0.05) is 12.3 Å². The highest BCUT2D eigenvalue weighted by molar-refractivity contribution is 6.30. The Morgan fingerprint density at radius 1 is 1.32 bits per heavy atom. The molecule has 2 aromatic rings. The number of hydrogen-bond acceptors (Lipinski definition) is 5. The van der Waals surface area contributed by atoms with Crippen LogP contribution in [0.5, 0.6) is 11.5 Å². The van der Waals surface area contributed by atoms with Gasteiger partial charge < -0.3 is 15.2 Å². The Labute approximate surface area is 114 Å². The lowest BCUT2D eigenvalue weighted by Crippen LogP contribution is -2.02. The van der Waals surface area contributed by atoms with E-state index < -0.39 is 5.97 Å². The maximum atomic E-state index is 11.4. The van der Waals surface area contributed by atoms with Gasteiger partial charge >= 0.3 is 5.97 Å². The zero-order valence-corrected chi connectivity index (χ0v) is 10.8. The van der Waals surface area contributed by atoms with E-state index >= 15 is 0 Å². The van der Waals surface area contributed by atoms with Gasteiger partial charge in [0.1, 0.15) is 5.75 Å². The first-order valence-electron chi connectivity index (χ1n) is 5.36. The fourth-order valence-electron chi connectivity index (χ4n) is 1.44. The molecule has 0 bridgehead atoms. The Morgan fingerprint density at radius 3 is 2.79 bits per heavy atom. The molecule has 6 heteroatoms. The van der Waals surface area contributed by atoms with E-state index in [9.17, 15) is 4.79 Å². The quantitative estimate of drug-likeness (QED) is 0.690. The minimum absolute atomic E-state index is 0.340. The first kappa shape index (κ1) is 13.2. The predicted octanol–water partition coefficient (Wildman–Crippen LogP) is 2.90. The Bertz CT molecular complexity index is 617. The van der Waals surface area contributed by atoms with Crippen molar-refractivity contribution in [2.45, 2.75) is 0 Å². The molecule has 2 N–H and O–H groups in total. The highest BCUT2D eigenvalue weighted by Crippen LogP contribution is 2.29. The monoisotopic (exact) mass is 278 g/mol. The highest BCUT2D eigenvalue weighted by Gasteiger charge is 2.10. The number of halogens is 1. The first-order chi connectivity index (χ1) is 9.10. The zero-order valence-electron chi connectivity index (χ0n) is 10.1. The molecule has 98 valence electrons. The molecule has 0 spiro atoms. The lowest BCUT2D eigenvalue weighted by molar-refractivity contribution is 0.0600. The minimum atomic E-state index is -0.464. The molecular formula is C13H11ClN2O3. The Hall–Kier alpha value is -2.27. The summed E-state index contributed by atoms with van der Waals surface area (Å²) in [6.07, 6.45) is 2.98. The number of aromatic nitrogens is 1. The molecular weight excluding hydrogens is 268 g/mol. The number of rotatable bonds is 3. The number of nitrogens with two attached hydrogens (primary N) is 1. The van der Waals surface area contributed by atoms with Crippen LogP contribution < -0.4 is 10.5 Å². The highest BCUT2D eigenvalue weighted by atomic mass is 35.5. The van der Waals surface area contributed by atoms with Crippen molar-refractivity contribution in [3.63, 3.8) is 0 Å². The Balaban J connectivity index is 2.31. The summed E-state index contributed by atoms with van der Waals surface area (Å²) in [4.78, 5) is 15.3. The van der Waals surface area contributed by atoms with Crippen molar-refractivity contribution in [3.05, 3.63) is 47.2 Å². The Morgan fingerprint density at radius 2 is 2.11 bits per heavy atom. The van der Waals surface area contributed by atoms with Crippen molar-refractivity contribution >= 4 is 23.3 Å². The number of anilines is 1. The molecule has 0 unspecified atom stereocenters. The first-order valence-corrected chi connectivity index (χ1v) is 5.74. The van der Waals surface area contributed by atoms with Gasteiger partial charge in [-0.25, -0.2) is 4.79 Å². The summed E-state index contributed by atoms with van der Waals surface area (Å²) in [5.74, 6) is 0.308. The van der Waals surface area contributed by atoms with Crippen LogP contribution in [-0.2, 0) is 4.74 Å². The molecule has 0 aliphatic carbocycles. The molecule has 0 amide bonds. The van der Waals surface area contributed by atoms with Gasteiger partial charge in [-0.2, -0.15) is 0 Å². The van der Waals surface area contributed by atoms with E-state index in [2.05, 4.69) is 9.72 Å². The Kier molecular flexibility index (Phi) is 3.87. The summed E-state index contributed by atoms with van der Waals surface area (Å²) in [5, 5.41) is 0.445. The van der Waals surface area contributed by atoms with Crippen molar-refractivity contribution in [2.75, 3.05) is 12.8 Å². The van der Waals surface area contributed by atoms with Crippen molar-refractivity contribution in [2.24, 2.45) is 0 Å². The standard InChI is InChI=1S/C13H11ClN2O3/c1-18-13(17)8-2-3-11(15)12(4-8)19-10-5-9(14)6-16-7-10/h2-7H,15H2,1H3. The van der Waals surface area contributed by atoms with Gasteiger partial charge in [0.25, 0.3) is 0 Å². The average molecular weight is 279 g/mol. The molecule has 1 aromatic carbocycles. The van der Waals surface area contributed by atoms with Gasteiger partial charge in [0.05, 0.1) is 29.6 Å². The number of esters is 1. The number of methoxy groups -OCH3 is 1. The van der Waals surface area contributed by atoms with Crippen LogP contribution in [0.25, 0.3) is 0 Å². The van der Waals surface area contributed by atoms with Gasteiger partial charge in [-0.1, -0.05) is 11.6 Å². The number of nitrogens with zero attached hydrogens (tertiary/aromatic N) is 1. The molecule has 2 rings (SSSR count). The molecule has 1 heterocycles. The summed E-state index contributed by atoms with van der Waals surface area (Å²) in [7, 11) is 1.31. The second-order valence-corrected chi connectivity index (χ2v) is 4.12. The number of nitrogen functional groups attached to an aromatic ring is 1. The second kappa shape index (κ2) is 5.58. The molecule has 0 saturated heterocycles. The largest absolute Gasteiger partial charge is 0.465 e. The topological polar surface area (TPSA) is 74.4 Å². The van der Waals surface area contributed by atoms with Crippen molar-refractivity contribution < 1.29 is 14.3 Å². The average Bonchev–Trinajstić information content (AvgIpc) is 2.40. The minimum Gasteiger partial charge on any atom is -0.465 e. The van der Waals surface area contributed by atoms with Crippen molar-refractivity contribution in [1.82, 2.24) is 4.98 Å². The fourth-order valence-corrected chi connectivity index (χ4v) is 1.61. The lowest BCUT2D eigenvalue weighted by atomic mass is 10.2. The van der Waals surface area contributed by atoms with Gasteiger partial charge in [0.15, 0.2) is 5.75 Å². The molecule has 0 aliphatic rings. The molecule has 0 fully saturated rings. The van der Waals surface area contributed by atoms with Crippen LogP contribution in [-0.4, -0.2) is 18.1 Å².